The molecule has 40 heavy (non-hydrogen) atoms. The fourth-order valence-electron chi connectivity index (χ4n) is 4.37. The zero-order valence-corrected chi connectivity index (χ0v) is 23.9. The standard InChI is InChI=1S/C31H41N3O6/c1-21-7-9-23(10-8-21)11-12-24-13-15-25(16-14-24)19-34-27(26(20-35)28(40-34)22(2)36)29(37)32-17-6-18-33-30(38)39-31(3,4)5/h7-10,13-16,22,26-28,35-36H,6,17-20H2,1-5H3,(H,32,37)(H,33,38)/t22-,26-,27-,28-/m1/s1. The van der Waals surface area contributed by atoms with E-state index < -0.39 is 35.9 Å². The number of hydrogen-bond donors (Lipinski definition) is 4. The van der Waals surface area contributed by atoms with Gasteiger partial charge in [-0.1, -0.05) is 41.7 Å². The van der Waals surface area contributed by atoms with Gasteiger partial charge in [-0.25, -0.2) is 4.79 Å². The van der Waals surface area contributed by atoms with Crippen LogP contribution in [0.2, 0.25) is 0 Å². The normalized spacial score (nSPS) is 19.8. The van der Waals surface area contributed by atoms with Crippen LogP contribution in [0.4, 0.5) is 4.79 Å². The summed E-state index contributed by atoms with van der Waals surface area (Å²) >= 11 is 0. The molecule has 4 atom stereocenters. The van der Waals surface area contributed by atoms with Gasteiger partial charge in [0.15, 0.2) is 0 Å². The van der Waals surface area contributed by atoms with Gasteiger partial charge in [0.1, 0.15) is 17.7 Å². The minimum Gasteiger partial charge on any atom is -0.444 e. The van der Waals surface area contributed by atoms with Crippen LogP contribution in [0.15, 0.2) is 48.5 Å². The Morgan fingerprint density at radius 1 is 1.02 bits per heavy atom. The van der Waals surface area contributed by atoms with E-state index in [-0.39, 0.29) is 19.1 Å². The van der Waals surface area contributed by atoms with Crippen molar-refractivity contribution in [3.8, 4) is 11.8 Å². The van der Waals surface area contributed by atoms with Crippen LogP contribution >= 0.6 is 0 Å². The molecule has 1 heterocycles. The van der Waals surface area contributed by atoms with E-state index in [1.807, 2.05) is 55.5 Å². The molecule has 2 amide bonds. The molecule has 9 nitrogen and oxygen atoms in total. The zero-order chi connectivity index (χ0) is 29.3. The Labute approximate surface area is 236 Å². The van der Waals surface area contributed by atoms with Gasteiger partial charge >= 0.3 is 6.09 Å². The summed E-state index contributed by atoms with van der Waals surface area (Å²) in [5.74, 6) is 5.38. The number of carbonyl (C=O) groups excluding carboxylic acids is 2. The molecule has 1 aliphatic heterocycles. The first-order chi connectivity index (χ1) is 19.0. The maximum absolute atomic E-state index is 13.2. The summed E-state index contributed by atoms with van der Waals surface area (Å²) in [7, 11) is 0. The molecular weight excluding hydrogens is 510 g/mol. The summed E-state index contributed by atoms with van der Waals surface area (Å²) < 4.78 is 5.21. The first kappa shape index (κ1) is 31.1. The molecule has 3 rings (SSSR count). The van der Waals surface area contributed by atoms with Crippen LogP contribution in [0.3, 0.4) is 0 Å². The number of aryl methyl sites for hydroxylation is 1. The number of rotatable bonds is 9. The largest absolute Gasteiger partial charge is 0.444 e. The number of amides is 2. The van der Waals surface area contributed by atoms with Crippen LogP contribution in [0, 0.1) is 24.7 Å². The molecule has 2 aromatic rings. The highest BCUT2D eigenvalue weighted by molar-refractivity contribution is 5.82. The minimum atomic E-state index is -0.880. The van der Waals surface area contributed by atoms with E-state index in [9.17, 15) is 19.8 Å². The number of ether oxygens (including phenoxy) is 1. The average Bonchev–Trinajstić information content (AvgIpc) is 3.26. The lowest BCUT2D eigenvalue weighted by atomic mass is 9.92. The molecule has 1 aliphatic rings. The molecule has 0 aliphatic carbocycles. The Balaban J connectivity index is 1.61. The third kappa shape index (κ3) is 9.35. The average molecular weight is 552 g/mol. The quantitative estimate of drug-likeness (QED) is 0.279. The van der Waals surface area contributed by atoms with Crippen molar-refractivity contribution in [1.29, 1.82) is 0 Å². The molecule has 9 heteroatoms. The second-order valence-electron chi connectivity index (χ2n) is 11.1. The Morgan fingerprint density at radius 2 is 1.60 bits per heavy atom. The van der Waals surface area contributed by atoms with Crippen molar-refractivity contribution in [3.05, 3.63) is 70.8 Å². The monoisotopic (exact) mass is 551 g/mol. The van der Waals surface area contributed by atoms with Gasteiger partial charge in [-0.2, -0.15) is 5.06 Å². The Kier molecular flexibility index (Phi) is 11.1. The number of carbonyl (C=O) groups is 2. The second-order valence-corrected chi connectivity index (χ2v) is 11.1. The Hall–Kier alpha value is -3.42. The molecule has 0 bridgehead atoms. The third-order valence-electron chi connectivity index (χ3n) is 6.37. The van der Waals surface area contributed by atoms with Gasteiger partial charge in [0.25, 0.3) is 0 Å². The van der Waals surface area contributed by atoms with Crippen molar-refractivity contribution < 1.29 is 29.4 Å². The van der Waals surface area contributed by atoms with Crippen LogP contribution in [-0.4, -0.2) is 70.8 Å². The first-order valence-corrected chi connectivity index (χ1v) is 13.6. The maximum Gasteiger partial charge on any atom is 0.407 e. The number of aliphatic hydroxyl groups excluding tert-OH is 2. The van der Waals surface area contributed by atoms with Crippen LogP contribution in [0.1, 0.15) is 56.4 Å². The highest BCUT2D eigenvalue weighted by Crippen LogP contribution is 2.31. The van der Waals surface area contributed by atoms with Crippen molar-refractivity contribution in [2.45, 2.75) is 71.4 Å². The summed E-state index contributed by atoms with van der Waals surface area (Å²) in [5, 5.41) is 27.4. The second kappa shape index (κ2) is 14.3. The fourth-order valence-corrected chi connectivity index (χ4v) is 4.37. The van der Waals surface area contributed by atoms with Gasteiger partial charge in [-0.05, 0) is 70.9 Å². The number of aliphatic hydroxyl groups is 2. The van der Waals surface area contributed by atoms with Gasteiger partial charge in [-0.3, -0.25) is 9.63 Å². The summed E-state index contributed by atoms with van der Waals surface area (Å²) in [5.41, 5.74) is 3.29. The van der Waals surface area contributed by atoms with Crippen LogP contribution in [0.5, 0.6) is 0 Å². The summed E-state index contributed by atoms with van der Waals surface area (Å²) in [6.07, 6.45) is -1.63. The molecule has 0 aromatic heterocycles. The fraction of sp³-hybridized carbons (Fsp3) is 0.484. The Bertz CT molecular complexity index is 1180. The van der Waals surface area contributed by atoms with Gasteiger partial charge in [-0.15, -0.1) is 0 Å². The van der Waals surface area contributed by atoms with Crippen molar-refractivity contribution >= 4 is 12.0 Å². The van der Waals surface area contributed by atoms with Gasteiger partial charge in [0, 0.05) is 30.1 Å². The Morgan fingerprint density at radius 3 is 2.15 bits per heavy atom. The zero-order valence-electron chi connectivity index (χ0n) is 23.9. The number of nitrogens with one attached hydrogen (secondary N) is 2. The molecule has 0 saturated carbocycles. The third-order valence-corrected chi connectivity index (χ3v) is 6.37. The maximum atomic E-state index is 13.2. The minimum absolute atomic E-state index is 0.281. The van der Waals surface area contributed by atoms with Crippen LogP contribution < -0.4 is 10.6 Å². The van der Waals surface area contributed by atoms with E-state index in [1.54, 1.807) is 27.7 Å². The number of alkyl carbamates (subject to hydrolysis) is 1. The topological polar surface area (TPSA) is 120 Å². The number of nitrogens with zero attached hydrogens (tertiary/aromatic N) is 1. The van der Waals surface area contributed by atoms with Gasteiger partial charge in [0.2, 0.25) is 5.91 Å². The van der Waals surface area contributed by atoms with Crippen molar-refractivity contribution in [1.82, 2.24) is 15.7 Å². The van der Waals surface area contributed by atoms with Gasteiger partial charge < -0.3 is 25.6 Å². The smallest absolute Gasteiger partial charge is 0.407 e. The van der Waals surface area contributed by atoms with Crippen molar-refractivity contribution in [2.24, 2.45) is 5.92 Å². The summed E-state index contributed by atoms with van der Waals surface area (Å²) in [4.78, 5) is 31.0. The molecule has 0 radical (unpaired) electrons. The van der Waals surface area contributed by atoms with E-state index in [4.69, 9.17) is 9.57 Å². The SMILES string of the molecule is Cc1ccc(C#Cc2ccc(CN3O[C@H]([C@@H](C)O)[C@H](CO)[C@@H]3C(=O)NCCCNC(=O)OC(C)(C)C)cc2)cc1. The molecule has 2 aromatic carbocycles. The predicted octanol–water partition coefficient (Wildman–Crippen LogP) is 2.90. The molecular formula is C31H41N3O6. The molecule has 1 fully saturated rings. The summed E-state index contributed by atoms with van der Waals surface area (Å²) in [6.45, 7) is 9.58. The molecule has 4 N–H and O–H groups in total. The first-order valence-electron chi connectivity index (χ1n) is 13.6. The van der Waals surface area contributed by atoms with Crippen molar-refractivity contribution in [3.63, 3.8) is 0 Å². The highest BCUT2D eigenvalue weighted by atomic mass is 16.7. The number of hydroxylamine groups is 2. The lowest BCUT2D eigenvalue weighted by molar-refractivity contribution is -0.192. The molecule has 0 spiro atoms. The van der Waals surface area contributed by atoms with E-state index in [0.29, 0.717) is 19.5 Å². The molecule has 1 saturated heterocycles. The van der Waals surface area contributed by atoms with Gasteiger partial charge in [0.05, 0.1) is 19.3 Å². The summed E-state index contributed by atoms with van der Waals surface area (Å²) in [6, 6.07) is 14.9. The van der Waals surface area contributed by atoms with Crippen molar-refractivity contribution in [2.75, 3.05) is 19.7 Å². The molecule has 216 valence electrons. The number of hydrogen-bond acceptors (Lipinski definition) is 7. The van der Waals surface area contributed by atoms with E-state index in [1.165, 1.54) is 10.6 Å². The van der Waals surface area contributed by atoms with E-state index in [2.05, 4.69) is 22.5 Å². The lowest BCUT2D eigenvalue weighted by Gasteiger charge is -2.24. The van der Waals surface area contributed by atoms with E-state index >= 15 is 0 Å². The van der Waals surface area contributed by atoms with E-state index in [0.717, 1.165) is 16.7 Å². The molecule has 0 unspecified atom stereocenters. The van der Waals surface area contributed by atoms with Crippen LogP contribution in [0.25, 0.3) is 0 Å². The number of benzene rings is 2. The highest BCUT2D eigenvalue weighted by Gasteiger charge is 2.48. The van der Waals surface area contributed by atoms with Crippen LogP contribution in [-0.2, 0) is 20.9 Å². The predicted molar refractivity (Wildman–Crippen MR) is 152 cm³/mol. The lowest BCUT2D eigenvalue weighted by Crippen LogP contribution is -2.48.